The second-order valence-electron chi connectivity index (χ2n) is 4.51. The largest absolute Gasteiger partial charge is 0.398 e. The van der Waals surface area contributed by atoms with Crippen LogP contribution >= 0.6 is 11.6 Å². The molecule has 0 unspecified atom stereocenters. The van der Waals surface area contributed by atoms with Crippen LogP contribution in [0.15, 0.2) is 54.2 Å². The van der Waals surface area contributed by atoms with Gasteiger partial charge >= 0.3 is 0 Å². The number of hydrogen-bond donors (Lipinski definition) is 3. The van der Waals surface area contributed by atoms with Crippen molar-refractivity contribution in [2.45, 2.75) is 0 Å². The number of nitrogens with one attached hydrogen (secondary N) is 2. The van der Waals surface area contributed by atoms with Gasteiger partial charge in [0.1, 0.15) is 17.5 Å². The Morgan fingerprint density at radius 2 is 2.04 bits per heavy atom. The molecule has 0 aliphatic carbocycles. The van der Waals surface area contributed by atoms with E-state index < -0.39 is 11.7 Å². The number of amides is 1. The number of carbonyl (C=O) groups is 1. The van der Waals surface area contributed by atoms with Crippen LogP contribution in [0, 0.1) is 17.1 Å². The molecule has 0 bridgehead atoms. The average Bonchev–Trinajstić information content (AvgIpc) is 2.51. The summed E-state index contributed by atoms with van der Waals surface area (Å²) in [7, 11) is 0. The molecule has 0 spiro atoms. The minimum Gasteiger partial charge on any atom is -0.398 e. The highest BCUT2D eigenvalue weighted by Gasteiger charge is 2.10. The van der Waals surface area contributed by atoms with E-state index in [1.54, 1.807) is 24.3 Å². The number of nitrogen functional groups attached to an aromatic ring is 1. The van der Waals surface area contributed by atoms with Gasteiger partial charge in [0.25, 0.3) is 5.91 Å². The summed E-state index contributed by atoms with van der Waals surface area (Å²) in [6.07, 6.45) is 1.20. The van der Waals surface area contributed by atoms with Gasteiger partial charge in [-0.15, -0.1) is 0 Å². The SMILES string of the molecule is N#C/C(=C/Nc1cccc(F)c1)C(=O)Nc1ccc(N)c(Cl)c1. The van der Waals surface area contributed by atoms with Gasteiger partial charge in [-0.05, 0) is 36.4 Å². The van der Waals surface area contributed by atoms with Crippen molar-refractivity contribution < 1.29 is 9.18 Å². The number of anilines is 3. The van der Waals surface area contributed by atoms with Crippen LogP contribution in [0.5, 0.6) is 0 Å². The van der Waals surface area contributed by atoms with E-state index in [0.717, 1.165) is 0 Å². The summed E-state index contributed by atoms with van der Waals surface area (Å²) in [5, 5.41) is 14.6. The molecule has 2 rings (SSSR count). The van der Waals surface area contributed by atoms with E-state index in [9.17, 15) is 9.18 Å². The maximum Gasteiger partial charge on any atom is 0.267 e. The molecule has 0 heterocycles. The lowest BCUT2D eigenvalue weighted by molar-refractivity contribution is -0.112. The Bertz CT molecular complexity index is 814. The molecular weight excluding hydrogens is 319 g/mol. The smallest absolute Gasteiger partial charge is 0.267 e. The third kappa shape index (κ3) is 4.46. The van der Waals surface area contributed by atoms with Crippen LogP contribution in [-0.2, 0) is 4.79 Å². The van der Waals surface area contributed by atoms with E-state index in [1.807, 2.05) is 0 Å². The van der Waals surface area contributed by atoms with Crippen LogP contribution in [0.25, 0.3) is 0 Å². The molecular formula is C16H12ClFN4O. The number of nitrogens with zero attached hydrogens (tertiary/aromatic N) is 1. The number of nitriles is 1. The molecule has 4 N–H and O–H groups in total. The summed E-state index contributed by atoms with van der Waals surface area (Å²) in [5.41, 5.74) is 6.61. The maximum atomic E-state index is 13.1. The zero-order valence-corrected chi connectivity index (χ0v) is 12.6. The summed E-state index contributed by atoms with van der Waals surface area (Å²) in [6.45, 7) is 0. The van der Waals surface area contributed by atoms with Crippen molar-refractivity contribution in [2.75, 3.05) is 16.4 Å². The number of hydrogen-bond acceptors (Lipinski definition) is 4. The van der Waals surface area contributed by atoms with Gasteiger partial charge in [0.2, 0.25) is 0 Å². The lowest BCUT2D eigenvalue weighted by atomic mass is 10.2. The number of rotatable bonds is 4. The standard InChI is InChI=1S/C16H12ClFN4O/c17-14-7-13(4-5-15(14)20)22-16(23)10(8-19)9-21-12-3-1-2-11(18)6-12/h1-7,9,21H,20H2,(H,22,23)/b10-9-. The van der Waals surface area contributed by atoms with Crippen LogP contribution in [0.4, 0.5) is 21.5 Å². The fourth-order valence-electron chi connectivity index (χ4n) is 1.69. The number of halogens is 2. The van der Waals surface area contributed by atoms with Crippen molar-refractivity contribution in [3.63, 3.8) is 0 Å². The van der Waals surface area contributed by atoms with E-state index >= 15 is 0 Å². The molecule has 116 valence electrons. The van der Waals surface area contributed by atoms with E-state index in [0.29, 0.717) is 22.1 Å². The quantitative estimate of drug-likeness (QED) is 0.454. The molecule has 5 nitrogen and oxygen atoms in total. The van der Waals surface area contributed by atoms with Crippen molar-refractivity contribution in [3.05, 3.63) is 65.1 Å². The summed E-state index contributed by atoms with van der Waals surface area (Å²) in [4.78, 5) is 12.0. The molecule has 0 atom stereocenters. The van der Waals surface area contributed by atoms with Crippen molar-refractivity contribution >= 4 is 34.6 Å². The summed E-state index contributed by atoms with van der Waals surface area (Å²) < 4.78 is 13.1. The zero-order valence-electron chi connectivity index (χ0n) is 11.8. The van der Waals surface area contributed by atoms with Gasteiger partial charge in [-0.25, -0.2) is 4.39 Å². The second kappa shape index (κ2) is 7.29. The molecule has 2 aromatic rings. The highest BCUT2D eigenvalue weighted by Crippen LogP contribution is 2.22. The molecule has 0 saturated carbocycles. The predicted molar refractivity (Wildman–Crippen MR) is 88.2 cm³/mol. The molecule has 2 aromatic carbocycles. The molecule has 0 fully saturated rings. The molecule has 0 aromatic heterocycles. The lowest BCUT2D eigenvalue weighted by Crippen LogP contribution is -2.14. The second-order valence-corrected chi connectivity index (χ2v) is 4.92. The van der Waals surface area contributed by atoms with Gasteiger partial charge in [0, 0.05) is 17.6 Å². The maximum absolute atomic E-state index is 13.1. The van der Waals surface area contributed by atoms with Crippen LogP contribution < -0.4 is 16.4 Å². The van der Waals surface area contributed by atoms with Crippen molar-refractivity contribution in [1.29, 1.82) is 5.26 Å². The fraction of sp³-hybridized carbons (Fsp3) is 0. The molecule has 0 aliphatic heterocycles. The Labute approximate surface area is 137 Å². The van der Waals surface area contributed by atoms with Gasteiger partial charge in [-0.1, -0.05) is 17.7 Å². The van der Waals surface area contributed by atoms with Crippen molar-refractivity contribution in [2.24, 2.45) is 0 Å². The average molecular weight is 331 g/mol. The number of nitrogens with two attached hydrogens (primary N) is 1. The molecule has 0 aliphatic rings. The van der Waals surface area contributed by atoms with Crippen LogP contribution in [-0.4, -0.2) is 5.91 Å². The molecule has 0 saturated heterocycles. The number of carbonyl (C=O) groups excluding carboxylic acids is 1. The zero-order chi connectivity index (χ0) is 16.8. The minimum atomic E-state index is -0.628. The summed E-state index contributed by atoms with van der Waals surface area (Å²) >= 11 is 5.86. The van der Waals surface area contributed by atoms with Crippen LogP contribution in [0.2, 0.25) is 5.02 Å². The predicted octanol–water partition coefficient (Wildman–Crippen LogP) is 3.52. The summed E-state index contributed by atoms with van der Waals surface area (Å²) in [6, 6.07) is 12.0. The molecule has 0 radical (unpaired) electrons. The van der Waals surface area contributed by atoms with Gasteiger partial charge in [-0.2, -0.15) is 5.26 Å². The Morgan fingerprint density at radius 1 is 1.26 bits per heavy atom. The fourth-order valence-corrected chi connectivity index (χ4v) is 1.87. The highest BCUT2D eigenvalue weighted by atomic mass is 35.5. The first-order chi connectivity index (χ1) is 11.0. The minimum absolute atomic E-state index is 0.179. The Morgan fingerprint density at radius 3 is 2.70 bits per heavy atom. The Kier molecular flexibility index (Phi) is 5.18. The summed E-state index contributed by atoms with van der Waals surface area (Å²) in [5.74, 6) is -1.06. The third-order valence-corrected chi connectivity index (χ3v) is 3.16. The first-order valence-electron chi connectivity index (χ1n) is 6.48. The molecule has 23 heavy (non-hydrogen) atoms. The lowest BCUT2D eigenvalue weighted by Gasteiger charge is -2.06. The first kappa shape index (κ1) is 16.3. The van der Waals surface area contributed by atoms with E-state index in [4.69, 9.17) is 22.6 Å². The third-order valence-electron chi connectivity index (χ3n) is 2.83. The van der Waals surface area contributed by atoms with Crippen molar-refractivity contribution in [3.8, 4) is 6.07 Å². The number of benzene rings is 2. The van der Waals surface area contributed by atoms with Gasteiger partial charge < -0.3 is 16.4 Å². The topological polar surface area (TPSA) is 90.9 Å². The van der Waals surface area contributed by atoms with Crippen molar-refractivity contribution in [1.82, 2.24) is 0 Å². The Balaban J connectivity index is 2.10. The van der Waals surface area contributed by atoms with Crippen LogP contribution in [0.1, 0.15) is 0 Å². The molecule has 1 amide bonds. The van der Waals surface area contributed by atoms with E-state index in [2.05, 4.69) is 10.6 Å². The first-order valence-corrected chi connectivity index (χ1v) is 6.86. The molecule has 7 heteroatoms. The van der Waals surface area contributed by atoms with Crippen LogP contribution in [0.3, 0.4) is 0 Å². The van der Waals surface area contributed by atoms with Gasteiger partial charge in [-0.3, -0.25) is 4.79 Å². The Hall–Kier alpha value is -3.04. The van der Waals surface area contributed by atoms with E-state index in [1.165, 1.54) is 30.5 Å². The highest BCUT2D eigenvalue weighted by molar-refractivity contribution is 6.33. The van der Waals surface area contributed by atoms with Gasteiger partial charge in [0.05, 0.1) is 10.7 Å². The monoisotopic (exact) mass is 330 g/mol. The van der Waals surface area contributed by atoms with Gasteiger partial charge in [0.15, 0.2) is 0 Å². The van der Waals surface area contributed by atoms with E-state index in [-0.39, 0.29) is 5.57 Å². The normalized spacial score (nSPS) is 10.7.